The number of nitrogens with zero attached hydrogens (tertiary/aromatic N) is 1. The van der Waals surface area contributed by atoms with E-state index in [0.29, 0.717) is 36.4 Å². The summed E-state index contributed by atoms with van der Waals surface area (Å²) in [6.45, 7) is 6.39. The number of halogens is 1. The Labute approximate surface area is 156 Å². The van der Waals surface area contributed by atoms with Crippen molar-refractivity contribution in [2.45, 2.75) is 51.7 Å². The van der Waals surface area contributed by atoms with Gasteiger partial charge in [-0.15, -0.1) is 0 Å². The third kappa shape index (κ3) is 4.15. The summed E-state index contributed by atoms with van der Waals surface area (Å²) in [5.74, 6) is 2.36. The Morgan fingerprint density at radius 1 is 1.31 bits per heavy atom. The number of alkyl halides is 1. The lowest BCUT2D eigenvalue weighted by Gasteiger charge is -2.46. The summed E-state index contributed by atoms with van der Waals surface area (Å²) in [5.41, 5.74) is 2.50. The molecule has 0 radical (unpaired) electrons. The zero-order chi connectivity index (χ0) is 18.7. The normalized spacial score (nSPS) is 25.7. The lowest BCUT2D eigenvalue weighted by atomic mass is 9.79. The molecule has 4 nitrogen and oxygen atoms in total. The summed E-state index contributed by atoms with van der Waals surface area (Å²) in [5, 5.41) is 10.7. The van der Waals surface area contributed by atoms with Gasteiger partial charge in [0.2, 0.25) is 0 Å². The third-order valence-electron chi connectivity index (χ3n) is 5.68. The number of fused-ring (bicyclic) bond motifs is 3. The van der Waals surface area contributed by atoms with Gasteiger partial charge < -0.3 is 14.6 Å². The SMILES string of the molecule is COc1cc2c(cc1OCCC[18F])CCN1CC(CC(C)C)C(O)CC21. The number of aliphatic hydroxyl groups is 1. The molecule has 1 N–H and O–H groups in total. The van der Waals surface area contributed by atoms with E-state index in [1.54, 1.807) is 7.11 Å². The smallest absolute Gasteiger partial charge is 0.161 e. The largest absolute Gasteiger partial charge is 0.493 e. The second-order valence-corrected chi connectivity index (χ2v) is 8.05. The molecule has 0 aliphatic carbocycles. The molecule has 0 spiro atoms. The molecule has 0 aromatic heterocycles. The zero-order valence-corrected chi connectivity index (χ0v) is 16.2. The van der Waals surface area contributed by atoms with Crippen molar-refractivity contribution in [3.8, 4) is 11.5 Å². The number of aliphatic hydroxyl groups excluding tert-OH is 1. The molecule has 0 saturated carbocycles. The zero-order valence-electron chi connectivity index (χ0n) is 16.2. The number of methoxy groups -OCH3 is 1. The number of ether oxygens (including phenoxy) is 2. The van der Waals surface area contributed by atoms with Crippen LogP contribution in [0.4, 0.5) is 4.39 Å². The van der Waals surface area contributed by atoms with E-state index in [-0.39, 0.29) is 18.8 Å². The molecular weight excluding hydrogens is 332 g/mol. The average molecular weight is 364 g/mol. The Hall–Kier alpha value is -1.33. The predicted molar refractivity (Wildman–Crippen MR) is 101 cm³/mol. The van der Waals surface area contributed by atoms with Gasteiger partial charge in [0.05, 0.1) is 26.5 Å². The highest BCUT2D eigenvalue weighted by molar-refractivity contribution is 5.49. The van der Waals surface area contributed by atoms with Gasteiger partial charge in [-0.3, -0.25) is 9.29 Å². The van der Waals surface area contributed by atoms with Crippen LogP contribution in [0, 0.1) is 11.8 Å². The first-order valence-corrected chi connectivity index (χ1v) is 9.85. The van der Waals surface area contributed by atoms with Crippen molar-refractivity contribution >= 4 is 0 Å². The van der Waals surface area contributed by atoms with Crippen molar-refractivity contribution in [2.75, 3.05) is 33.5 Å². The van der Waals surface area contributed by atoms with Crippen LogP contribution in [0.3, 0.4) is 0 Å². The van der Waals surface area contributed by atoms with E-state index in [0.717, 1.165) is 32.4 Å². The van der Waals surface area contributed by atoms with Crippen LogP contribution in [-0.2, 0) is 6.42 Å². The number of piperidine rings is 1. The van der Waals surface area contributed by atoms with E-state index in [4.69, 9.17) is 9.47 Å². The van der Waals surface area contributed by atoms with Crippen molar-refractivity contribution in [3.05, 3.63) is 23.3 Å². The lowest BCUT2D eigenvalue weighted by Crippen LogP contribution is -2.48. The van der Waals surface area contributed by atoms with Gasteiger partial charge in [-0.25, -0.2) is 0 Å². The molecule has 146 valence electrons. The Kier molecular flexibility index (Phi) is 6.41. The predicted octanol–water partition coefficient (Wildman–Crippen LogP) is 3.76. The summed E-state index contributed by atoms with van der Waals surface area (Å²) in [4.78, 5) is 2.52. The minimum Gasteiger partial charge on any atom is -0.493 e. The first-order chi connectivity index (χ1) is 12.5. The van der Waals surface area contributed by atoms with E-state index < -0.39 is 0 Å². The standard InChI is InChI=1S/C21H32FNO3/c1-14(2)9-16-13-23-7-5-15-10-21(26-8-4-6-22)20(25-3)11-17(15)18(23)12-19(16)24/h10-11,14,16,18-19,24H,4-9,12-13H2,1-3H3/i22-1. The van der Waals surface area contributed by atoms with E-state index in [1.165, 1.54) is 11.1 Å². The van der Waals surface area contributed by atoms with Gasteiger partial charge in [0.25, 0.3) is 0 Å². The highest BCUT2D eigenvalue weighted by atomic mass is 18.2. The Balaban J connectivity index is 1.80. The highest BCUT2D eigenvalue weighted by Gasteiger charge is 2.38. The molecule has 5 heteroatoms. The van der Waals surface area contributed by atoms with Gasteiger partial charge in [0, 0.05) is 25.6 Å². The van der Waals surface area contributed by atoms with Crippen molar-refractivity contribution in [2.24, 2.45) is 11.8 Å². The van der Waals surface area contributed by atoms with Crippen LogP contribution >= 0.6 is 0 Å². The maximum atomic E-state index is 12.3. The maximum absolute atomic E-state index is 12.3. The highest BCUT2D eigenvalue weighted by Crippen LogP contribution is 2.43. The Bertz CT molecular complexity index is 607. The van der Waals surface area contributed by atoms with Crippen LogP contribution in [0.1, 0.15) is 50.3 Å². The van der Waals surface area contributed by atoms with Gasteiger partial charge in [-0.2, -0.15) is 0 Å². The van der Waals surface area contributed by atoms with Crippen LogP contribution in [0.2, 0.25) is 0 Å². The fraction of sp³-hybridized carbons (Fsp3) is 0.714. The monoisotopic (exact) mass is 364 g/mol. The molecule has 26 heavy (non-hydrogen) atoms. The third-order valence-corrected chi connectivity index (χ3v) is 5.68. The first kappa shape index (κ1) is 19.4. The van der Waals surface area contributed by atoms with Crippen molar-refractivity contribution < 1.29 is 19.0 Å². The molecule has 0 amide bonds. The van der Waals surface area contributed by atoms with Crippen LogP contribution in [0.15, 0.2) is 12.1 Å². The van der Waals surface area contributed by atoms with Crippen LogP contribution in [0.25, 0.3) is 0 Å². The lowest BCUT2D eigenvalue weighted by molar-refractivity contribution is -0.0191. The van der Waals surface area contributed by atoms with Gasteiger partial charge in [0.15, 0.2) is 11.5 Å². The van der Waals surface area contributed by atoms with Crippen molar-refractivity contribution in [1.29, 1.82) is 0 Å². The molecule has 3 rings (SSSR count). The van der Waals surface area contributed by atoms with Crippen molar-refractivity contribution in [3.63, 3.8) is 0 Å². The number of rotatable bonds is 7. The molecule has 1 fully saturated rings. The second-order valence-electron chi connectivity index (χ2n) is 8.05. The molecule has 2 heterocycles. The number of hydrogen-bond donors (Lipinski definition) is 1. The molecule has 0 bridgehead atoms. The minimum absolute atomic E-state index is 0.242. The molecule has 3 unspecified atom stereocenters. The van der Waals surface area contributed by atoms with Gasteiger partial charge in [-0.1, -0.05) is 13.8 Å². The summed E-state index contributed by atoms with van der Waals surface area (Å²) >= 11 is 0. The summed E-state index contributed by atoms with van der Waals surface area (Å²) in [7, 11) is 1.64. The summed E-state index contributed by atoms with van der Waals surface area (Å²) in [6, 6.07) is 4.36. The van der Waals surface area contributed by atoms with Crippen LogP contribution < -0.4 is 9.47 Å². The van der Waals surface area contributed by atoms with Crippen LogP contribution in [0.5, 0.6) is 11.5 Å². The fourth-order valence-corrected chi connectivity index (χ4v) is 4.45. The Morgan fingerprint density at radius 2 is 2.12 bits per heavy atom. The molecule has 3 atom stereocenters. The number of benzene rings is 1. The molecule has 1 saturated heterocycles. The first-order valence-electron chi connectivity index (χ1n) is 9.85. The molecule has 2 aliphatic heterocycles. The Morgan fingerprint density at radius 3 is 2.81 bits per heavy atom. The molecular formula is C21H32FNO3. The summed E-state index contributed by atoms with van der Waals surface area (Å²) in [6.07, 6.45) is 2.95. The van der Waals surface area contributed by atoms with Gasteiger partial charge >= 0.3 is 0 Å². The van der Waals surface area contributed by atoms with Crippen LogP contribution in [-0.4, -0.2) is 49.6 Å². The van der Waals surface area contributed by atoms with E-state index in [2.05, 4.69) is 30.9 Å². The molecule has 1 aromatic rings. The number of hydrogen-bond acceptors (Lipinski definition) is 4. The van der Waals surface area contributed by atoms with Gasteiger partial charge in [0.1, 0.15) is 0 Å². The molecule has 2 aliphatic rings. The van der Waals surface area contributed by atoms with Crippen molar-refractivity contribution in [1.82, 2.24) is 4.90 Å². The fourth-order valence-electron chi connectivity index (χ4n) is 4.45. The van der Waals surface area contributed by atoms with E-state index >= 15 is 0 Å². The topological polar surface area (TPSA) is 41.9 Å². The average Bonchev–Trinajstić information content (AvgIpc) is 2.61. The minimum atomic E-state index is -0.375. The summed E-state index contributed by atoms with van der Waals surface area (Å²) < 4.78 is 23.6. The maximum Gasteiger partial charge on any atom is 0.161 e. The van der Waals surface area contributed by atoms with E-state index in [1.807, 2.05) is 0 Å². The second kappa shape index (κ2) is 8.57. The quantitative estimate of drug-likeness (QED) is 0.748. The molecule has 1 aromatic carbocycles. The van der Waals surface area contributed by atoms with Gasteiger partial charge in [-0.05, 0) is 54.4 Å². The van der Waals surface area contributed by atoms with E-state index in [9.17, 15) is 9.50 Å².